The van der Waals surface area contributed by atoms with Crippen molar-refractivity contribution in [1.29, 1.82) is 0 Å². The highest BCUT2D eigenvalue weighted by Gasteiger charge is 2.15. The van der Waals surface area contributed by atoms with Gasteiger partial charge in [-0.05, 0) is 37.6 Å². The van der Waals surface area contributed by atoms with Crippen LogP contribution in [-0.2, 0) is 0 Å². The average Bonchev–Trinajstić information content (AvgIpc) is 2.56. The van der Waals surface area contributed by atoms with Gasteiger partial charge < -0.3 is 20.3 Å². The summed E-state index contributed by atoms with van der Waals surface area (Å²) in [7, 11) is 5.54. The number of amides is 2. The molecule has 0 aliphatic carbocycles. The molecule has 2 aromatic rings. The molecule has 0 fully saturated rings. The molecule has 6 nitrogen and oxygen atoms in total. The van der Waals surface area contributed by atoms with Crippen molar-refractivity contribution in [1.82, 2.24) is 10.3 Å². The second-order valence-corrected chi connectivity index (χ2v) is 5.78. The Morgan fingerprint density at radius 3 is 2.71 bits per heavy atom. The van der Waals surface area contributed by atoms with Crippen LogP contribution in [0.3, 0.4) is 0 Å². The molecule has 0 bridgehead atoms. The number of rotatable bonds is 5. The van der Waals surface area contributed by atoms with Gasteiger partial charge in [0.25, 0.3) is 0 Å². The van der Waals surface area contributed by atoms with E-state index in [-0.39, 0.29) is 12.1 Å². The summed E-state index contributed by atoms with van der Waals surface area (Å²) in [5, 5.41) is 5.83. The van der Waals surface area contributed by atoms with Gasteiger partial charge in [0.1, 0.15) is 5.75 Å². The highest BCUT2D eigenvalue weighted by Crippen LogP contribution is 2.26. The lowest BCUT2D eigenvalue weighted by Crippen LogP contribution is -2.31. The Morgan fingerprint density at radius 1 is 1.29 bits per heavy atom. The minimum atomic E-state index is -0.264. The number of aromatic nitrogens is 1. The highest BCUT2D eigenvalue weighted by atomic mass is 16.5. The number of methoxy groups -OCH3 is 1. The van der Waals surface area contributed by atoms with Crippen molar-refractivity contribution in [3.63, 3.8) is 0 Å². The second kappa shape index (κ2) is 7.68. The van der Waals surface area contributed by atoms with Crippen molar-refractivity contribution in [3.05, 3.63) is 47.8 Å². The van der Waals surface area contributed by atoms with Crippen molar-refractivity contribution >= 4 is 17.4 Å². The number of carbonyl (C=O) groups is 1. The van der Waals surface area contributed by atoms with E-state index < -0.39 is 0 Å². The number of hydrogen-bond donors (Lipinski definition) is 2. The van der Waals surface area contributed by atoms with Crippen LogP contribution in [0.4, 0.5) is 16.2 Å². The van der Waals surface area contributed by atoms with Gasteiger partial charge >= 0.3 is 6.03 Å². The molecule has 6 heteroatoms. The summed E-state index contributed by atoms with van der Waals surface area (Å²) in [5.74, 6) is 0.649. The van der Waals surface area contributed by atoms with Gasteiger partial charge in [0, 0.05) is 37.2 Å². The predicted octanol–water partition coefficient (Wildman–Crippen LogP) is 3.35. The van der Waals surface area contributed by atoms with Gasteiger partial charge in [-0.3, -0.25) is 4.98 Å². The van der Waals surface area contributed by atoms with E-state index in [1.807, 2.05) is 57.1 Å². The third-order valence-corrected chi connectivity index (χ3v) is 3.89. The molecule has 2 rings (SSSR count). The quantitative estimate of drug-likeness (QED) is 0.883. The summed E-state index contributed by atoms with van der Waals surface area (Å²) in [6.07, 6.45) is 3.31. The number of benzene rings is 1. The minimum absolute atomic E-state index is 0.208. The Labute approximate surface area is 142 Å². The van der Waals surface area contributed by atoms with E-state index in [9.17, 15) is 4.79 Å². The Morgan fingerprint density at radius 2 is 2.04 bits per heavy atom. The fourth-order valence-corrected chi connectivity index (χ4v) is 2.60. The molecule has 0 radical (unpaired) electrons. The van der Waals surface area contributed by atoms with Crippen LogP contribution in [0.2, 0.25) is 0 Å². The van der Waals surface area contributed by atoms with Gasteiger partial charge in [0.2, 0.25) is 0 Å². The first-order chi connectivity index (χ1) is 11.4. The largest absolute Gasteiger partial charge is 0.495 e. The molecule has 1 heterocycles. The Balaban J connectivity index is 2.10. The fraction of sp³-hybridized carbons (Fsp3) is 0.333. The molecule has 0 spiro atoms. The molecule has 1 aromatic carbocycles. The van der Waals surface area contributed by atoms with Crippen LogP contribution < -0.4 is 20.3 Å². The van der Waals surface area contributed by atoms with Crippen LogP contribution >= 0.6 is 0 Å². The van der Waals surface area contributed by atoms with Gasteiger partial charge in [0.05, 0.1) is 19.3 Å². The maximum absolute atomic E-state index is 12.3. The van der Waals surface area contributed by atoms with E-state index in [1.54, 1.807) is 19.5 Å². The van der Waals surface area contributed by atoms with Crippen molar-refractivity contribution < 1.29 is 9.53 Å². The summed E-state index contributed by atoms with van der Waals surface area (Å²) in [5.41, 5.74) is 3.75. The van der Waals surface area contributed by atoms with Crippen LogP contribution in [0.5, 0.6) is 5.75 Å². The Kier molecular flexibility index (Phi) is 5.63. The first kappa shape index (κ1) is 17.6. The average molecular weight is 328 g/mol. The SMILES string of the molecule is COc1cnccc1[C@H](C)NC(=O)Nc1cccc(N(C)C)c1C. The molecule has 1 atom stereocenters. The van der Waals surface area contributed by atoms with Gasteiger partial charge in [0.15, 0.2) is 0 Å². The number of carbonyl (C=O) groups excluding carboxylic acids is 1. The normalized spacial score (nSPS) is 11.5. The standard InChI is InChI=1S/C18H24N4O2/c1-12-15(7-6-8-16(12)22(3)4)21-18(23)20-13(2)14-9-10-19-11-17(14)24-5/h6-11,13H,1-5H3,(H2,20,21,23)/t13-/m0/s1. The number of hydrogen-bond acceptors (Lipinski definition) is 4. The first-order valence-corrected chi connectivity index (χ1v) is 7.76. The molecule has 0 saturated heterocycles. The zero-order valence-corrected chi connectivity index (χ0v) is 14.8. The second-order valence-electron chi connectivity index (χ2n) is 5.78. The number of urea groups is 1. The number of anilines is 2. The third kappa shape index (κ3) is 3.95. The molecule has 0 aliphatic heterocycles. The molecule has 24 heavy (non-hydrogen) atoms. The predicted molar refractivity (Wildman–Crippen MR) is 96.9 cm³/mol. The molecular weight excluding hydrogens is 304 g/mol. The van der Waals surface area contributed by atoms with Crippen LogP contribution in [-0.4, -0.2) is 32.2 Å². The Hall–Kier alpha value is -2.76. The van der Waals surface area contributed by atoms with Gasteiger partial charge in [-0.1, -0.05) is 6.07 Å². The monoisotopic (exact) mass is 328 g/mol. The zero-order valence-electron chi connectivity index (χ0n) is 14.8. The lowest BCUT2D eigenvalue weighted by molar-refractivity contribution is 0.249. The molecular formula is C18H24N4O2. The molecule has 0 unspecified atom stereocenters. The smallest absolute Gasteiger partial charge is 0.319 e. The van der Waals surface area contributed by atoms with E-state index in [4.69, 9.17) is 4.74 Å². The number of pyridine rings is 1. The maximum atomic E-state index is 12.3. The number of nitrogens with one attached hydrogen (secondary N) is 2. The maximum Gasteiger partial charge on any atom is 0.319 e. The van der Waals surface area contributed by atoms with E-state index in [0.29, 0.717) is 5.75 Å². The van der Waals surface area contributed by atoms with Crippen LogP contribution in [0.15, 0.2) is 36.7 Å². The molecule has 128 valence electrons. The van der Waals surface area contributed by atoms with Crippen molar-refractivity contribution in [2.75, 3.05) is 31.4 Å². The molecule has 0 saturated carbocycles. The highest BCUT2D eigenvalue weighted by molar-refractivity contribution is 5.91. The summed E-state index contributed by atoms with van der Waals surface area (Å²) in [6.45, 7) is 3.89. The zero-order chi connectivity index (χ0) is 17.7. The van der Waals surface area contributed by atoms with Crippen LogP contribution in [0.1, 0.15) is 24.1 Å². The molecule has 1 aromatic heterocycles. The van der Waals surface area contributed by atoms with Crippen LogP contribution in [0.25, 0.3) is 0 Å². The minimum Gasteiger partial charge on any atom is -0.495 e. The molecule has 2 amide bonds. The summed E-state index contributed by atoms with van der Waals surface area (Å²) < 4.78 is 5.29. The summed E-state index contributed by atoms with van der Waals surface area (Å²) >= 11 is 0. The Bertz CT molecular complexity index is 716. The van der Waals surface area contributed by atoms with E-state index >= 15 is 0 Å². The molecule has 0 aliphatic rings. The summed E-state index contributed by atoms with van der Waals surface area (Å²) in [4.78, 5) is 18.4. The number of nitrogens with zero attached hydrogens (tertiary/aromatic N) is 2. The summed E-state index contributed by atoms with van der Waals surface area (Å²) in [6, 6.07) is 7.19. The lowest BCUT2D eigenvalue weighted by Gasteiger charge is -2.20. The van der Waals surface area contributed by atoms with Crippen molar-refractivity contribution in [2.45, 2.75) is 19.9 Å². The van der Waals surface area contributed by atoms with Crippen molar-refractivity contribution in [3.8, 4) is 5.75 Å². The number of ether oxygens (including phenoxy) is 1. The topological polar surface area (TPSA) is 66.5 Å². The van der Waals surface area contributed by atoms with Gasteiger partial charge in [-0.25, -0.2) is 4.79 Å². The van der Waals surface area contributed by atoms with Gasteiger partial charge in [-0.2, -0.15) is 0 Å². The van der Waals surface area contributed by atoms with Crippen LogP contribution in [0, 0.1) is 6.92 Å². The van der Waals surface area contributed by atoms with Gasteiger partial charge in [-0.15, -0.1) is 0 Å². The van der Waals surface area contributed by atoms with Crippen molar-refractivity contribution in [2.24, 2.45) is 0 Å². The molecule has 2 N–H and O–H groups in total. The van der Waals surface area contributed by atoms with E-state index in [2.05, 4.69) is 15.6 Å². The first-order valence-electron chi connectivity index (χ1n) is 7.76. The third-order valence-electron chi connectivity index (χ3n) is 3.89. The lowest BCUT2D eigenvalue weighted by atomic mass is 10.1. The fourth-order valence-electron chi connectivity index (χ4n) is 2.60. The van der Waals surface area contributed by atoms with E-state index in [1.165, 1.54) is 0 Å². The van der Waals surface area contributed by atoms with E-state index in [0.717, 1.165) is 22.5 Å².